The zero-order valence-corrected chi connectivity index (χ0v) is 16.6. The highest BCUT2D eigenvalue weighted by Gasteiger charge is 2.23. The molecular formula is C18H19N5O3S2. The number of nitrogens with one attached hydrogen (secondary N) is 3. The van der Waals surface area contributed by atoms with Gasteiger partial charge in [0.2, 0.25) is 15.9 Å². The van der Waals surface area contributed by atoms with E-state index in [4.69, 9.17) is 0 Å². The second-order valence-corrected chi connectivity index (χ2v) is 8.62. The highest BCUT2D eigenvalue weighted by atomic mass is 32.2. The second kappa shape index (κ2) is 9.00. The maximum atomic E-state index is 12.9. The van der Waals surface area contributed by atoms with Gasteiger partial charge in [-0.25, -0.2) is 13.1 Å². The van der Waals surface area contributed by atoms with Gasteiger partial charge in [-0.1, -0.05) is 49.0 Å². The normalized spacial score (nSPS) is 12.5. The molecule has 1 aromatic heterocycles. The Balaban J connectivity index is 1.78. The molecule has 1 unspecified atom stereocenters. The summed E-state index contributed by atoms with van der Waals surface area (Å²) in [5.41, 5.74) is 1.32. The molecule has 0 saturated carbocycles. The van der Waals surface area contributed by atoms with Crippen molar-refractivity contribution in [1.29, 1.82) is 0 Å². The van der Waals surface area contributed by atoms with E-state index in [1.165, 1.54) is 23.9 Å². The third-order valence-electron chi connectivity index (χ3n) is 3.74. The molecule has 146 valence electrons. The number of sulfonamides is 1. The van der Waals surface area contributed by atoms with Crippen LogP contribution >= 0.6 is 11.8 Å². The predicted octanol–water partition coefficient (Wildman–Crippen LogP) is 2.58. The molecular weight excluding hydrogens is 398 g/mol. The Morgan fingerprint density at radius 1 is 1.14 bits per heavy atom. The lowest BCUT2D eigenvalue weighted by atomic mass is 10.1. The minimum Gasteiger partial charge on any atom is -0.325 e. The minimum atomic E-state index is -3.53. The van der Waals surface area contributed by atoms with Crippen molar-refractivity contribution in [1.82, 2.24) is 20.1 Å². The molecule has 3 aromatic rings. The predicted molar refractivity (Wildman–Crippen MR) is 107 cm³/mol. The molecule has 1 atom stereocenters. The first-order chi connectivity index (χ1) is 13.5. The number of thioether (sulfide) groups is 1. The van der Waals surface area contributed by atoms with E-state index in [2.05, 4.69) is 25.4 Å². The Morgan fingerprint density at radius 3 is 2.46 bits per heavy atom. The molecule has 0 saturated heterocycles. The number of benzene rings is 2. The number of hydrogen-bond donors (Lipinski definition) is 3. The summed E-state index contributed by atoms with van der Waals surface area (Å²) in [6.07, 6.45) is 1.55. The fraction of sp³-hybridized carbons (Fsp3) is 0.167. The standard InChI is InChI=1S/C18H19N5O3S2/c1-2-20-28(25,26)15-10-8-14(9-11-15)21-18(24)17(13-6-4-3-5-7-13)27-16-12-19-23-22-16/h3-12,17,20H,2H2,1H3,(H,21,24)(H,19,22,23). The summed E-state index contributed by atoms with van der Waals surface area (Å²) in [7, 11) is -3.53. The molecule has 0 fully saturated rings. The molecule has 3 N–H and O–H groups in total. The Labute approximate surface area is 167 Å². The third kappa shape index (κ3) is 4.97. The topological polar surface area (TPSA) is 117 Å². The molecule has 2 aromatic carbocycles. The first kappa shape index (κ1) is 20.1. The van der Waals surface area contributed by atoms with Gasteiger partial charge < -0.3 is 5.32 Å². The lowest BCUT2D eigenvalue weighted by Gasteiger charge is -2.16. The first-order valence-electron chi connectivity index (χ1n) is 8.47. The van der Waals surface area contributed by atoms with Crippen molar-refractivity contribution < 1.29 is 13.2 Å². The number of rotatable bonds is 8. The first-order valence-corrected chi connectivity index (χ1v) is 10.8. The maximum Gasteiger partial charge on any atom is 0.242 e. The fourth-order valence-electron chi connectivity index (χ4n) is 2.47. The van der Waals surface area contributed by atoms with Gasteiger partial charge in [-0.2, -0.15) is 10.3 Å². The number of amides is 1. The summed E-state index contributed by atoms with van der Waals surface area (Å²) in [5, 5.41) is 13.2. The van der Waals surface area contributed by atoms with E-state index < -0.39 is 15.3 Å². The van der Waals surface area contributed by atoms with Crippen molar-refractivity contribution in [2.75, 3.05) is 11.9 Å². The summed E-state index contributed by atoms with van der Waals surface area (Å²) in [6.45, 7) is 2.02. The summed E-state index contributed by atoms with van der Waals surface area (Å²) in [4.78, 5) is 13.0. The van der Waals surface area contributed by atoms with Crippen LogP contribution in [-0.2, 0) is 14.8 Å². The average Bonchev–Trinajstić information content (AvgIpc) is 3.20. The van der Waals surface area contributed by atoms with E-state index >= 15 is 0 Å². The number of H-pyrrole nitrogens is 1. The fourth-order valence-corrected chi connectivity index (χ4v) is 4.42. The Morgan fingerprint density at radius 2 is 1.86 bits per heavy atom. The van der Waals surface area contributed by atoms with Crippen LogP contribution in [0.5, 0.6) is 0 Å². The number of nitrogens with zero attached hydrogens (tertiary/aromatic N) is 2. The van der Waals surface area contributed by atoms with Crippen LogP contribution in [0.15, 0.2) is 70.7 Å². The Kier molecular flexibility index (Phi) is 6.45. The van der Waals surface area contributed by atoms with E-state index in [1.807, 2.05) is 30.3 Å². The van der Waals surface area contributed by atoms with Gasteiger partial charge in [-0.05, 0) is 29.8 Å². The van der Waals surface area contributed by atoms with E-state index in [-0.39, 0.29) is 10.8 Å². The van der Waals surface area contributed by atoms with Gasteiger partial charge in [0.25, 0.3) is 0 Å². The number of carbonyl (C=O) groups excluding carboxylic acids is 1. The van der Waals surface area contributed by atoms with Crippen molar-refractivity contribution in [3.05, 3.63) is 66.4 Å². The Bertz CT molecular complexity index is 1010. The molecule has 1 amide bonds. The van der Waals surface area contributed by atoms with Crippen LogP contribution < -0.4 is 10.0 Å². The molecule has 8 nitrogen and oxygen atoms in total. The lowest BCUT2D eigenvalue weighted by Crippen LogP contribution is -2.23. The van der Waals surface area contributed by atoms with Crippen LogP contribution in [0.4, 0.5) is 5.69 Å². The van der Waals surface area contributed by atoms with Crippen LogP contribution in [0.3, 0.4) is 0 Å². The van der Waals surface area contributed by atoms with Gasteiger partial charge in [0.1, 0.15) is 10.3 Å². The summed E-state index contributed by atoms with van der Waals surface area (Å²) in [5.74, 6) is -0.249. The quantitative estimate of drug-likeness (QED) is 0.485. The van der Waals surface area contributed by atoms with Gasteiger partial charge in [0.05, 0.1) is 11.1 Å². The lowest BCUT2D eigenvalue weighted by molar-refractivity contribution is -0.115. The number of aromatic nitrogens is 3. The van der Waals surface area contributed by atoms with Crippen molar-refractivity contribution in [3.63, 3.8) is 0 Å². The maximum absolute atomic E-state index is 12.9. The summed E-state index contributed by atoms with van der Waals surface area (Å²) in [6, 6.07) is 15.4. The van der Waals surface area contributed by atoms with Crippen molar-refractivity contribution in [2.45, 2.75) is 22.1 Å². The highest BCUT2D eigenvalue weighted by molar-refractivity contribution is 8.00. The third-order valence-corrected chi connectivity index (χ3v) is 6.46. The van der Waals surface area contributed by atoms with Gasteiger partial charge in [-0.15, -0.1) is 5.10 Å². The monoisotopic (exact) mass is 417 g/mol. The number of hydrogen-bond acceptors (Lipinski definition) is 6. The largest absolute Gasteiger partial charge is 0.325 e. The van der Waals surface area contributed by atoms with E-state index in [1.54, 1.807) is 25.3 Å². The number of carbonyl (C=O) groups is 1. The molecule has 0 aliphatic carbocycles. The average molecular weight is 418 g/mol. The molecule has 0 bridgehead atoms. The van der Waals surface area contributed by atoms with E-state index in [0.29, 0.717) is 17.3 Å². The van der Waals surface area contributed by atoms with Gasteiger partial charge in [-0.3, -0.25) is 4.79 Å². The van der Waals surface area contributed by atoms with Crippen molar-refractivity contribution in [3.8, 4) is 0 Å². The second-order valence-electron chi connectivity index (χ2n) is 5.73. The van der Waals surface area contributed by atoms with E-state index in [9.17, 15) is 13.2 Å². The van der Waals surface area contributed by atoms with Crippen LogP contribution in [0, 0.1) is 0 Å². The van der Waals surface area contributed by atoms with Crippen LogP contribution in [0.2, 0.25) is 0 Å². The number of aromatic amines is 1. The SMILES string of the molecule is CCNS(=O)(=O)c1ccc(NC(=O)C(Sc2cn[nH]n2)c2ccccc2)cc1. The van der Waals surface area contributed by atoms with Crippen molar-refractivity contribution >= 4 is 33.4 Å². The van der Waals surface area contributed by atoms with Gasteiger partial charge >= 0.3 is 0 Å². The van der Waals surface area contributed by atoms with Gasteiger partial charge in [0, 0.05) is 12.2 Å². The molecule has 10 heteroatoms. The number of anilines is 1. The zero-order valence-electron chi connectivity index (χ0n) is 15.0. The molecule has 0 radical (unpaired) electrons. The molecule has 1 heterocycles. The summed E-state index contributed by atoms with van der Waals surface area (Å²) >= 11 is 1.27. The van der Waals surface area contributed by atoms with E-state index in [0.717, 1.165) is 5.56 Å². The van der Waals surface area contributed by atoms with Crippen molar-refractivity contribution in [2.24, 2.45) is 0 Å². The summed E-state index contributed by atoms with van der Waals surface area (Å²) < 4.78 is 26.5. The molecule has 0 aliphatic rings. The minimum absolute atomic E-state index is 0.143. The van der Waals surface area contributed by atoms with Crippen LogP contribution in [0.1, 0.15) is 17.7 Å². The van der Waals surface area contributed by atoms with Crippen LogP contribution in [0.25, 0.3) is 0 Å². The zero-order chi connectivity index (χ0) is 20.0. The molecule has 3 rings (SSSR count). The highest BCUT2D eigenvalue weighted by Crippen LogP contribution is 2.34. The smallest absolute Gasteiger partial charge is 0.242 e. The Hall–Kier alpha value is -2.69. The van der Waals surface area contributed by atoms with Crippen LogP contribution in [-0.4, -0.2) is 36.3 Å². The molecule has 28 heavy (non-hydrogen) atoms. The molecule has 0 aliphatic heterocycles. The van der Waals surface area contributed by atoms with Gasteiger partial charge in [0.15, 0.2) is 0 Å². The molecule has 0 spiro atoms.